The van der Waals surface area contributed by atoms with Crippen molar-refractivity contribution in [1.29, 1.82) is 0 Å². The summed E-state index contributed by atoms with van der Waals surface area (Å²) in [6, 6.07) is 2.84. The third-order valence-electron chi connectivity index (χ3n) is 2.61. The van der Waals surface area contributed by atoms with Gasteiger partial charge in [0.25, 0.3) is 0 Å². The molecule has 1 aromatic rings. The van der Waals surface area contributed by atoms with Crippen LogP contribution in [0.5, 0.6) is 0 Å². The van der Waals surface area contributed by atoms with Gasteiger partial charge in [0.05, 0.1) is 0 Å². The van der Waals surface area contributed by atoms with Gasteiger partial charge in [-0.05, 0) is 48.7 Å². The van der Waals surface area contributed by atoms with E-state index in [0.717, 1.165) is 6.54 Å². The second-order valence-corrected chi connectivity index (χ2v) is 6.88. The lowest BCUT2D eigenvalue weighted by Gasteiger charge is -2.26. The highest BCUT2D eigenvalue weighted by atomic mass is 32.1. The number of thiophene rings is 1. The molecule has 1 N–H and O–H groups in total. The Morgan fingerprint density at radius 3 is 2.50 bits per heavy atom. The summed E-state index contributed by atoms with van der Waals surface area (Å²) in [5.74, 6) is 0. The van der Waals surface area contributed by atoms with E-state index in [2.05, 4.69) is 51.4 Å². The van der Waals surface area contributed by atoms with E-state index >= 15 is 0 Å². The van der Waals surface area contributed by atoms with Gasteiger partial charge in [0.2, 0.25) is 0 Å². The summed E-state index contributed by atoms with van der Waals surface area (Å²) in [6.45, 7) is 12.4. The van der Waals surface area contributed by atoms with E-state index in [-0.39, 0.29) is 0 Å². The first-order valence-corrected chi connectivity index (χ1v) is 7.09. The maximum atomic E-state index is 3.66. The van der Waals surface area contributed by atoms with Crippen molar-refractivity contribution >= 4 is 11.3 Å². The Morgan fingerprint density at radius 2 is 2.06 bits per heavy atom. The van der Waals surface area contributed by atoms with Crippen molar-refractivity contribution in [1.82, 2.24) is 5.32 Å². The third-order valence-corrected chi connectivity index (χ3v) is 3.49. The number of hydrogen-bond acceptors (Lipinski definition) is 2. The van der Waals surface area contributed by atoms with Gasteiger partial charge in [0.15, 0.2) is 0 Å². The third kappa shape index (κ3) is 4.67. The zero-order valence-electron chi connectivity index (χ0n) is 11.3. The maximum Gasteiger partial charge on any atom is 0.0333 e. The van der Waals surface area contributed by atoms with Crippen LogP contribution < -0.4 is 5.32 Å². The molecule has 0 aliphatic heterocycles. The minimum Gasteiger partial charge on any atom is -0.310 e. The molecule has 16 heavy (non-hydrogen) atoms. The molecular weight excluding hydrogens is 214 g/mol. The van der Waals surface area contributed by atoms with Gasteiger partial charge in [0.1, 0.15) is 0 Å². The van der Waals surface area contributed by atoms with Crippen molar-refractivity contribution < 1.29 is 0 Å². The van der Waals surface area contributed by atoms with Crippen molar-refractivity contribution in [3.05, 3.63) is 21.9 Å². The Morgan fingerprint density at radius 1 is 1.38 bits per heavy atom. The van der Waals surface area contributed by atoms with Crippen molar-refractivity contribution in [3.63, 3.8) is 0 Å². The fourth-order valence-electron chi connectivity index (χ4n) is 1.89. The van der Waals surface area contributed by atoms with Crippen LogP contribution in [0.4, 0.5) is 0 Å². The first-order chi connectivity index (χ1) is 7.42. The maximum absolute atomic E-state index is 3.66. The quantitative estimate of drug-likeness (QED) is 0.796. The highest BCUT2D eigenvalue weighted by molar-refractivity contribution is 7.10. The molecule has 1 rings (SSSR count). The van der Waals surface area contributed by atoms with E-state index in [1.807, 2.05) is 11.3 Å². The topological polar surface area (TPSA) is 12.0 Å². The summed E-state index contributed by atoms with van der Waals surface area (Å²) in [6.07, 6.45) is 2.40. The Bertz CT molecular complexity index is 309. The molecule has 0 aliphatic rings. The van der Waals surface area contributed by atoms with Crippen LogP contribution in [0.25, 0.3) is 0 Å². The Labute approximate surface area is 104 Å². The molecule has 1 heterocycles. The largest absolute Gasteiger partial charge is 0.310 e. The van der Waals surface area contributed by atoms with Crippen LogP contribution in [0, 0.1) is 12.3 Å². The average Bonchev–Trinajstić information content (AvgIpc) is 2.57. The van der Waals surface area contributed by atoms with Gasteiger partial charge in [-0.25, -0.2) is 0 Å². The molecule has 1 unspecified atom stereocenters. The Balaban J connectivity index is 2.71. The van der Waals surface area contributed by atoms with E-state index in [0.29, 0.717) is 11.5 Å². The Hall–Kier alpha value is -0.340. The molecule has 1 atom stereocenters. The summed E-state index contributed by atoms with van der Waals surface area (Å²) < 4.78 is 0. The van der Waals surface area contributed by atoms with Crippen molar-refractivity contribution in [2.24, 2.45) is 5.41 Å². The summed E-state index contributed by atoms with van der Waals surface area (Å²) in [4.78, 5) is 1.41. The zero-order chi connectivity index (χ0) is 12.2. The summed E-state index contributed by atoms with van der Waals surface area (Å²) in [7, 11) is 0. The molecule has 0 spiro atoms. The normalized spacial score (nSPS) is 14.1. The van der Waals surface area contributed by atoms with Crippen molar-refractivity contribution in [2.75, 3.05) is 6.54 Å². The van der Waals surface area contributed by atoms with Crippen LogP contribution in [0.2, 0.25) is 0 Å². The van der Waals surface area contributed by atoms with Gasteiger partial charge in [-0.3, -0.25) is 0 Å². The summed E-state index contributed by atoms with van der Waals surface area (Å²) in [5, 5.41) is 5.96. The molecule has 0 bridgehead atoms. The van der Waals surface area contributed by atoms with Crippen molar-refractivity contribution in [2.45, 2.75) is 53.5 Å². The zero-order valence-corrected chi connectivity index (χ0v) is 12.1. The molecule has 0 saturated carbocycles. The van der Waals surface area contributed by atoms with E-state index in [1.165, 1.54) is 23.3 Å². The monoisotopic (exact) mass is 239 g/mol. The molecule has 0 saturated heterocycles. The van der Waals surface area contributed by atoms with Gasteiger partial charge in [-0.2, -0.15) is 0 Å². The van der Waals surface area contributed by atoms with Crippen LogP contribution in [-0.2, 0) is 0 Å². The first-order valence-electron chi connectivity index (χ1n) is 6.21. The van der Waals surface area contributed by atoms with Crippen LogP contribution in [0.1, 0.15) is 57.0 Å². The lowest BCUT2D eigenvalue weighted by atomic mass is 9.86. The molecule has 2 heteroatoms. The lowest BCUT2D eigenvalue weighted by molar-refractivity contribution is 0.312. The highest BCUT2D eigenvalue weighted by Crippen LogP contribution is 2.31. The number of rotatable bonds is 5. The molecular formula is C14H25NS. The molecule has 92 valence electrons. The number of hydrogen-bond donors (Lipinski definition) is 1. The van der Waals surface area contributed by atoms with E-state index in [1.54, 1.807) is 0 Å². The molecule has 0 aromatic carbocycles. The lowest BCUT2D eigenvalue weighted by Crippen LogP contribution is -2.26. The molecule has 0 amide bonds. The van der Waals surface area contributed by atoms with E-state index < -0.39 is 0 Å². The molecule has 0 radical (unpaired) electrons. The standard InChI is InChI=1S/C14H25NS/c1-6-7-15-13(9-14(3,4)5)12-8-11(2)16-10-12/h8,10,13,15H,6-7,9H2,1-5H3. The van der Waals surface area contributed by atoms with Crippen molar-refractivity contribution in [3.8, 4) is 0 Å². The average molecular weight is 239 g/mol. The second-order valence-electron chi connectivity index (χ2n) is 5.76. The summed E-state index contributed by atoms with van der Waals surface area (Å²) >= 11 is 1.85. The molecule has 1 aromatic heterocycles. The fourth-order valence-corrected chi connectivity index (χ4v) is 2.64. The first kappa shape index (κ1) is 13.7. The van der Waals surface area contributed by atoms with Crippen LogP contribution >= 0.6 is 11.3 Å². The number of nitrogens with one attached hydrogen (secondary N) is 1. The fraction of sp³-hybridized carbons (Fsp3) is 0.714. The smallest absolute Gasteiger partial charge is 0.0333 e. The minimum atomic E-state index is 0.376. The summed E-state index contributed by atoms with van der Waals surface area (Å²) in [5.41, 5.74) is 1.84. The van der Waals surface area contributed by atoms with E-state index in [9.17, 15) is 0 Å². The Kier molecular flexibility index (Phi) is 5.00. The van der Waals surface area contributed by atoms with Gasteiger partial charge < -0.3 is 5.32 Å². The second kappa shape index (κ2) is 5.83. The SMILES string of the molecule is CCCNC(CC(C)(C)C)c1csc(C)c1. The van der Waals surface area contributed by atoms with Crippen LogP contribution in [0.3, 0.4) is 0 Å². The van der Waals surface area contributed by atoms with Crippen LogP contribution in [-0.4, -0.2) is 6.54 Å². The van der Waals surface area contributed by atoms with Gasteiger partial charge in [0, 0.05) is 10.9 Å². The number of aryl methyl sites for hydroxylation is 1. The molecule has 1 nitrogen and oxygen atoms in total. The molecule has 0 aliphatic carbocycles. The van der Waals surface area contributed by atoms with Gasteiger partial charge in [-0.15, -0.1) is 11.3 Å². The van der Waals surface area contributed by atoms with E-state index in [4.69, 9.17) is 0 Å². The predicted octanol–water partition coefficient (Wildman–Crippen LogP) is 4.53. The van der Waals surface area contributed by atoms with Crippen LogP contribution in [0.15, 0.2) is 11.4 Å². The highest BCUT2D eigenvalue weighted by Gasteiger charge is 2.20. The molecule has 0 fully saturated rings. The van der Waals surface area contributed by atoms with Gasteiger partial charge >= 0.3 is 0 Å². The minimum absolute atomic E-state index is 0.376. The van der Waals surface area contributed by atoms with Gasteiger partial charge in [-0.1, -0.05) is 27.7 Å². The predicted molar refractivity (Wildman–Crippen MR) is 74.2 cm³/mol.